The lowest BCUT2D eigenvalue weighted by Crippen LogP contribution is -2.60. The van der Waals surface area contributed by atoms with Crippen LogP contribution in [0.2, 0.25) is 0 Å². The molecule has 4 aliphatic rings. The van der Waals surface area contributed by atoms with Crippen molar-refractivity contribution in [2.45, 2.75) is 94.0 Å². The van der Waals surface area contributed by atoms with Gasteiger partial charge in [-0.15, -0.1) is 0 Å². The molecule has 6 aromatic rings. The lowest BCUT2D eigenvalue weighted by atomic mass is 9.59. The van der Waals surface area contributed by atoms with E-state index >= 15 is 8.78 Å². The highest BCUT2D eigenvalue weighted by Crippen LogP contribution is 2.54. The fourth-order valence-electron chi connectivity index (χ4n) is 11.9. The summed E-state index contributed by atoms with van der Waals surface area (Å²) in [6, 6.07) is 24.8. The predicted octanol–water partition coefficient (Wildman–Crippen LogP) is 9.61. The molecule has 3 saturated heterocycles. The van der Waals surface area contributed by atoms with Crippen molar-refractivity contribution < 1.29 is 41.1 Å². The lowest BCUT2D eigenvalue weighted by molar-refractivity contribution is -0.384. The smallest absolute Gasteiger partial charge is 0.293 e. The van der Waals surface area contributed by atoms with Gasteiger partial charge < -0.3 is 34.7 Å². The molecular weight excluding hydrogens is 1010 g/mol. The number of aromatic amines is 1. The number of ether oxygens (including phenoxy) is 3. The molecule has 4 N–H and O–H groups in total. The molecule has 0 unspecified atom stereocenters. The first-order chi connectivity index (χ1) is 37.0. The summed E-state index contributed by atoms with van der Waals surface area (Å²) in [5.41, 5.74) is 3.18. The van der Waals surface area contributed by atoms with Gasteiger partial charge in [0.2, 0.25) is 0 Å². The molecule has 4 fully saturated rings. The second kappa shape index (κ2) is 22.3. The van der Waals surface area contributed by atoms with Crippen molar-refractivity contribution in [3.8, 4) is 17.2 Å². The number of nitro benzene ring substituents is 1. The van der Waals surface area contributed by atoms with E-state index in [0.29, 0.717) is 36.1 Å². The molecule has 1 spiro atoms. The number of aromatic nitrogens is 2. The van der Waals surface area contributed by atoms with Crippen LogP contribution in [0, 0.1) is 21.3 Å². The van der Waals surface area contributed by atoms with Crippen LogP contribution in [-0.2, 0) is 27.8 Å². The van der Waals surface area contributed by atoms with E-state index in [1.807, 2.05) is 16.7 Å². The molecule has 5 heterocycles. The third-order valence-electron chi connectivity index (χ3n) is 16.2. The molecule has 4 aromatic carbocycles. The van der Waals surface area contributed by atoms with Crippen molar-refractivity contribution in [2.24, 2.45) is 5.41 Å². The van der Waals surface area contributed by atoms with E-state index in [0.717, 1.165) is 94.0 Å². The summed E-state index contributed by atoms with van der Waals surface area (Å²) in [7, 11) is -1.14. The minimum atomic E-state index is -4.79. The maximum Gasteiger partial charge on any atom is 0.293 e. The zero-order valence-electron chi connectivity index (χ0n) is 43.9. The van der Waals surface area contributed by atoms with Crippen LogP contribution in [0.25, 0.3) is 11.0 Å². The van der Waals surface area contributed by atoms with Gasteiger partial charge in [-0.2, -0.15) is 0 Å². The number of amides is 1. The Labute approximate surface area is 447 Å². The van der Waals surface area contributed by atoms with E-state index in [-0.39, 0.29) is 66.9 Å². The molecule has 0 radical (unpaired) electrons. The number of nitrogens with zero attached hydrogens (tertiary/aromatic N) is 5. The molecule has 1 amide bonds. The molecular formula is C57H67F2N9O8S. The van der Waals surface area contributed by atoms with Gasteiger partial charge in [-0.25, -0.2) is 26.9 Å². The van der Waals surface area contributed by atoms with Crippen molar-refractivity contribution in [1.29, 1.82) is 0 Å². The molecule has 17 nitrogen and oxygen atoms in total. The van der Waals surface area contributed by atoms with Gasteiger partial charge in [0.05, 0.1) is 34.4 Å². The second-order valence-corrected chi connectivity index (χ2v) is 23.2. The monoisotopic (exact) mass is 1080 g/mol. The minimum absolute atomic E-state index is 0.0818. The Hall–Kier alpha value is -6.71. The lowest BCUT2D eigenvalue weighted by Gasteiger charge is -2.58. The van der Waals surface area contributed by atoms with E-state index in [9.17, 15) is 23.3 Å². The number of hydrogen-bond donors (Lipinski definition) is 4. The molecule has 3 aliphatic heterocycles. The topological polar surface area (TPSA) is 197 Å². The number of H-pyrrole nitrogens is 1. The number of hydrogen-bond acceptors (Lipinski definition) is 14. The number of carbonyl (C=O) groups excluding carboxylic acids is 1. The van der Waals surface area contributed by atoms with E-state index < -0.39 is 48.5 Å². The number of sulfonamides is 1. The average Bonchev–Trinajstić information content (AvgIpc) is 3.89. The molecule has 0 bridgehead atoms. The summed E-state index contributed by atoms with van der Waals surface area (Å²) in [6.07, 6.45) is 7.06. The minimum Gasteiger partial charge on any atom is -0.496 e. The first kappa shape index (κ1) is 53.7. The highest BCUT2D eigenvalue weighted by molar-refractivity contribution is 7.90. The zero-order chi connectivity index (χ0) is 54.1. The normalized spacial score (nSPS) is 19.1. The van der Waals surface area contributed by atoms with Crippen molar-refractivity contribution in [3.63, 3.8) is 0 Å². The van der Waals surface area contributed by atoms with Gasteiger partial charge in [-0.3, -0.25) is 24.7 Å². The van der Waals surface area contributed by atoms with E-state index in [1.165, 1.54) is 29.0 Å². The number of piperidine rings is 1. The van der Waals surface area contributed by atoms with Crippen LogP contribution in [0.5, 0.6) is 17.2 Å². The predicted molar refractivity (Wildman–Crippen MR) is 291 cm³/mol. The van der Waals surface area contributed by atoms with E-state index in [1.54, 1.807) is 25.4 Å². The highest BCUT2D eigenvalue weighted by atomic mass is 32.2. The van der Waals surface area contributed by atoms with Crippen LogP contribution >= 0.6 is 0 Å². The maximum absolute atomic E-state index is 16.6. The molecule has 77 heavy (non-hydrogen) atoms. The fourth-order valence-corrected chi connectivity index (χ4v) is 12.9. The standard InChI is InChI=1S/C57H67F2N9O8S/c1-37(2)44-7-5-6-8-45(44)51-35-65(34-38-9-12-52(74-4)40(25-38)32-60-3)21-22-67(51)41-30-56(31-41)14-19-66(20-15-56)49-29-53(76-42-26-39-13-18-61-54(39)62-33-42)46(28-47(49)58)55(69)64-77(72,73)43-10-11-48(50(27-43)68(70)71)63-36-57(59)16-23-75-24-17-57/h5-13,18,25-29,33,37,41,51,60,63H,14-17,19-24,30-32,34-36H2,1-4H3,(H,61,62)(H,64,69)/t51-/m0/s1. The number of benzene rings is 4. The van der Waals surface area contributed by atoms with Gasteiger partial charge >= 0.3 is 0 Å². The number of pyridine rings is 1. The third-order valence-corrected chi connectivity index (χ3v) is 17.5. The van der Waals surface area contributed by atoms with Gasteiger partial charge in [0.25, 0.3) is 21.6 Å². The third kappa shape index (κ3) is 11.6. The summed E-state index contributed by atoms with van der Waals surface area (Å²) in [5.74, 6) is -0.628. The zero-order valence-corrected chi connectivity index (χ0v) is 44.8. The summed E-state index contributed by atoms with van der Waals surface area (Å²) < 4.78 is 78.7. The van der Waals surface area contributed by atoms with Crippen molar-refractivity contribution in [1.82, 2.24) is 29.8 Å². The first-order valence-electron chi connectivity index (χ1n) is 26.5. The molecule has 20 heteroatoms. The molecule has 1 atom stereocenters. The number of rotatable bonds is 18. The Balaban J connectivity index is 0.850. The van der Waals surface area contributed by atoms with Crippen LogP contribution in [0.15, 0.2) is 102 Å². The van der Waals surface area contributed by atoms with Crippen molar-refractivity contribution in [2.75, 3.05) is 76.9 Å². The average molecular weight is 1080 g/mol. The van der Waals surface area contributed by atoms with Crippen LogP contribution in [-0.4, -0.2) is 117 Å². The Bertz CT molecular complexity index is 3240. The SMILES string of the molecule is CNCc1cc(CN2CCN(C3CC4(CCN(c5cc(Oc6cnc7[nH]ccc7c6)c(C(=O)NS(=O)(=O)c6ccc(NCC7(F)CCOCC7)c([N+](=O)[O-])c6)cc5F)CC4)C3)[C@H](c3ccccc3C(C)C)C2)ccc1OC. The summed E-state index contributed by atoms with van der Waals surface area (Å²) in [4.78, 5) is 39.5. The largest absolute Gasteiger partial charge is 0.496 e. The van der Waals surface area contributed by atoms with Gasteiger partial charge in [0.15, 0.2) is 0 Å². The number of nitro groups is 1. The van der Waals surface area contributed by atoms with Crippen molar-refractivity contribution >= 4 is 44.0 Å². The van der Waals surface area contributed by atoms with Gasteiger partial charge in [0.1, 0.15) is 40.1 Å². The quantitative estimate of drug-likeness (QED) is 0.0469. The van der Waals surface area contributed by atoms with Gasteiger partial charge in [-0.1, -0.05) is 44.2 Å². The van der Waals surface area contributed by atoms with E-state index in [2.05, 4.69) is 86.7 Å². The number of anilines is 2. The van der Waals surface area contributed by atoms with Crippen LogP contribution in [0.3, 0.4) is 0 Å². The number of nitrogens with one attached hydrogen (secondary N) is 4. The molecule has 408 valence electrons. The fraction of sp³-hybridized carbons (Fsp3) is 0.439. The maximum atomic E-state index is 16.6. The van der Waals surface area contributed by atoms with Crippen LogP contribution in [0.1, 0.15) is 96.9 Å². The summed E-state index contributed by atoms with van der Waals surface area (Å²) in [5, 5.41) is 18.9. The summed E-state index contributed by atoms with van der Waals surface area (Å²) in [6.45, 7) is 10.1. The Morgan fingerprint density at radius 3 is 2.49 bits per heavy atom. The molecule has 1 saturated carbocycles. The summed E-state index contributed by atoms with van der Waals surface area (Å²) >= 11 is 0. The van der Waals surface area contributed by atoms with Crippen molar-refractivity contribution in [3.05, 3.63) is 141 Å². The number of methoxy groups -OCH3 is 1. The van der Waals surface area contributed by atoms with Crippen LogP contribution < -0.4 is 29.7 Å². The molecule has 10 rings (SSSR count). The number of alkyl halides is 1. The Morgan fingerprint density at radius 2 is 1.75 bits per heavy atom. The molecule has 2 aromatic heterocycles. The number of piperazine rings is 1. The second-order valence-electron chi connectivity index (χ2n) is 21.5. The van der Waals surface area contributed by atoms with Crippen LogP contribution in [0.4, 0.5) is 25.8 Å². The molecule has 1 aliphatic carbocycles. The van der Waals surface area contributed by atoms with Gasteiger partial charge in [0, 0.05) is 120 Å². The Kier molecular flexibility index (Phi) is 15.6. The van der Waals surface area contributed by atoms with Gasteiger partial charge in [-0.05, 0) is 103 Å². The number of fused-ring (bicyclic) bond motifs is 1. The number of carbonyl (C=O) groups is 1. The number of halogens is 2. The highest BCUT2D eigenvalue weighted by Gasteiger charge is 2.50. The Morgan fingerprint density at radius 1 is 0.974 bits per heavy atom. The van der Waals surface area contributed by atoms with E-state index in [4.69, 9.17) is 14.2 Å². The first-order valence-corrected chi connectivity index (χ1v) is 27.9.